The van der Waals surface area contributed by atoms with E-state index in [1.165, 1.54) is 6.20 Å². The van der Waals surface area contributed by atoms with Crippen molar-refractivity contribution in [2.75, 3.05) is 32.1 Å². The third kappa shape index (κ3) is 5.44. The van der Waals surface area contributed by atoms with Crippen molar-refractivity contribution in [1.29, 1.82) is 0 Å². The lowest BCUT2D eigenvalue weighted by atomic mass is 10.2. The molecular formula is C13H20ClN3O2. The van der Waals surface area contributed by atoms with Crippen molar-refractivity contribution < 1.29 is 9.53 Å². The summed E-state index contributed by atoms with van der Waals surface area (Å²) in [6.45, 7) is 3.81. The lowest BCUT2D eigenvalue weighted by Gasteiger charge is -2.08. The summed E-state index contributed by atoms with van der Waals surface area (Å²) < 4.78 is 5.36. The lowest BCUT2D eigenvalue weighted by Crippen LogP contribution is -2.27. The Balaban J connectivity index is 2.40. The summed E-state index contributed by atoms with van der Waals surface area (Å²) in [6.07, 6.45) is 3.60. The monoisotopic (exact) mass is 285 g/mol. The van der Waals surface area contributed by atoms with Crippen LogP contribution in [-0.2, 0) is 4.74 Å². The third-order valence-corrected chi connectivity index (χ3v) is 2.83. The minimum absolute atomic E-state index is 0.219. The minimum Gasteiger partial charge on any atom is -0.380 e. The molecule has 0 saturated carbocycles. The molecule has 0 saturated heterocycles. The van der Waals surface area contributed by atoms with Gasteiger partial charge >= 0.3 is 0 Å². The maximum absolute atomic E-state index is 11.9. The number of anilines is 1. The zero-order chi connectivity index (χ0) is 14.1. The molecule has 6 heteroatoms. The van der Waals surface area contributed by atoms with Gasteiger partial charge in [0.2, 0.25) is 0 Å². The van der Waals surface area contributed by atoms with Crippen LogP contribution in [0.5, 0.6) is 0 Å². The first-order chi connectivity index (χ1) is 9.19. The maximum atomic E-state index is 11.9. The van der Waals surface area contributed by atoms with Gasteiger partial charge in [0.05, 0.1) is 17.2 Å². The molecule has 5 nitrogen and oxygen atoms in total. The highest BCUT2D eigenvalue weighted by Crippen LogP contribution is 2.17. The molecule has 0 radical (unpaired) electrons. The summed E-state index contributed by atoms with van der Waals surface area (Å²) in [5.74, 6) is 0.386. The van der Waals surface area contributed by atoms with E-state index in [0.29, 0.717) is 29.6 Å². The third-order valence-electron chi connectivity index (χ3n) is 2.53. The number of amides is 1. The SMILES string of the molecule is CCCCOCCNC(=O)c1cc(NC)ncc1Cl. The van der Waals surface area contributed by atoms with Crippen LogP contribution >= 0.6 is 11.6 Å². The first-order valence-corrected chi connectivity index (χ1v) is 6.76. The number of hydrogen-bond donors (Lipinski definition) is 2. The van der Waals surface area contributed by atoms with Crippen molar-refractivity contribution in [3.63, 3.8) is 0 Å². The van der Waals surface area contributed by atoms with Crippen molar-refractivity contribution >= 4 is 23.3 Å². The van der Waals surface area contributed by atoms with Gasteiger partial charge in [-0.25, -0.2) is 4.98 Å². The van der Waals surface area contributed by atoms with Crippen LogP contribution in [0.1, 0.15) is 30.1 Å². The molecule has 0 unspecified atom stereocenters. The molecule has 0 aliphatic heterocycles. The van der Waals surface area contributed by atoms with E-state index in [1.807, 2.05) is 0 Å². The molecule has 1 heterocycles. The Morgan fingerprint density at radius 3 is 2.95 bits per heavy atom. The molecule has 106 valence electrons. The maximum Gasteiger partial charge on any atom is 0.253 e. The zero-order valence-corrected chi connectivity index (χ0v) is 12.1. The highest BCUT2D eigenvalue weighted by atomic mass is 35.5. The summed E-state index contributed by atoms with van der Waals surface area (Å²) in [7, 11) is 1.74. The number of ether oxygens (including phenoxy) is 1. The lowest BCUT2D eigenvalue weighted by molar-refractivity contribution is 0.0913. The molecule has 0 atom stereocenters. The van der Waals surface area contributed by atoms with Crippen LogP contribution in [-0.4, -0.2) is 37.7 Å². The number of hydrogen-bond acceptors (Lipinski definition) is 4. The fraction of sp³-hybridized carbons (Fsp3) is 0.538. The van der Waals surface area contributed by atoms with Gasteiger partial charge in [0, 0.05) is 26.4 Å². The molecule has 1 rings (SSSR count). The molecule has 0 spiro atoms. The van der Waals surface area contributed by atoms with E-state index in [2.05, 4.69) is 22.5 Å². The highest BCUT2D eigenvalue weighted by Gasteiger charge is 2.11. The Labute approximate surface area is 118 Å². The van der Waals surface area contributed by atoms with Crippen molar-refractivity contribution in [3.05, 3.63) is 22.8 Å². The average Bonchev–Trinajstić information content (AvgIpc) is 2.43. The Hall–Kier alpha value is -1.33. The number of nitrogens with zero attached hydrogens (tertiary/aromatic N) is 1. The highest BCUT2D eigenvalue weighted by molar-refractivity contribution is 6.33. The van der Waals surface area contributed by atoms with E-state index < -0.39 is 0 Å². The summed E-state index contributed by atoms with van der Waals surface area (Å²) >= 11 is 5.95. The molecule has 0 aromatic carbocycles. The molecule has 0 aliphatic rings. The second kappa shape index (κ2) is 8.72. The van der Waals surface area contributed by atoms with Crippen LogP contribution < -0.4 is 10.6 Å². The second-order valence-corrected chi connectivity index (χ2v) is 4.43. The molecule has 19 heavy (non-hydrogen) atoms. The number of carbonyl (C=O) groups excluding carboxylic acids is 1. The number of nitrogens with one attached hydrogen (secondary N) is 2. The fourth-order valence-electron chi connectivity index (χ4n) is 1.43. The first-order valence-electron chi connectivity index (χ1n) is 6.38. The Bertz CT molecular complexity index is 413. The predicted molar refractivity (Wildman–Crippen MR) is 76.9 cm³/mol. The minimum atomic E-state index is -0.219. The number of rotatable bonds is 8. The number of aromatic nitrogens is 1. The standard InChI is InChI=1S/C13H20ClN3O2/c1-3-4-6-19-7-5-16-13(18)10-8-12(15-2)17-9-11(10)14/h8-9H,3-7H2,1-2H3,(H,15,17)(H,16,18). The van der Waals surface area contributed by atoms with Crippen LogP contribution in [0.3, 0.4) is 0 Å². The number of halogens is 1. The summed E-state index contributed by atoms with van der Waals surface area (Å²) in [5, 5.41) is 5.97. The molecule has 0 fully saturated rings. The van der Waals surface area contributed by atoms with Gasteiger partial charge in [0.1, 0.15) is 5.82 Å². The van der Waals surface area contributed by atoms with E-state index >= 15 is 0 Å². The van der Waals surface area contributed by atoms with Crippen LogP contribution in [0.4, 0.5) is 5.82 Å². The van der Waals surface area contributed by atoms with Gasteiger partial charge in [-0.05, 0) is 12.5 Å². The molecule has 1 aromatic heterocycles. The van der Waals surface area contributed by atoms with Crippen LogP contribution in [0.2, 0.25) is 5.02 Å². The van der Waals surface area contributed by atoms with Gasteiger partial charge in [-0.2, -0.15) is 0 Å². The second-order valence-electron chi connectivity index (χ2n) is 4.02. The smallest absolute Gasteiger partial charge is 0.253 e. The van der Waals surface area contributed by atoms with Crippen LogP contribution in [0.15, 0.2) is 12.3 Å². The van der Waals surface area contributed by atoms with Gasteiger partial charge < -0.3 is 15.4 Å². The largest absolute Gasteiger partial charge is 0.380 e. The van der Waals surface area contributed by atoms with Gasteiger partial charge in [0.25, 0.3) is 5.91 Å². The van der Waals surface area contributed by atoms with Gasteiger partial charge in [-0.1, -0.05) is 24.9 Å². The molecular weight excluding hydrogens is 266 g/mol. The number of unbranched alkanes of at least 4 members (excludes halogenated alkanes) is 1. The quantitative estimate of drug-likeness (QED) is 0.720. The Morgan fingerprint density at radius 2 is 2.26 bits per heavy atom. The van der Waals surface area contributed by atoms with E-state index in [0.717, 1.165) is 19.4 Å². The van der Waals surface area contributed by atoms with Crippen molar-refractivity contribution in [3.8, 4) is 0 Å². The molecule has 1 aromatic rings. The Morgan fingerprint density at radius 1 is 1.47 bits per heavy atom. The normalized spacial score (nSPS) is 10.3. The summed E-state index contributed by atoms with van der Waals surface area (Å²) in [4.78, 5) is 15.9. The van der Waals surface area contributed by atoms with E-state index in [4.69, 9.17) is 16.3 Å². The average molecular weight is 286 g/mol. The Kier molecular flexibility index (Phi) is 7.22. The van der Waals surface area contributed by atoms with Gasteiger partial charge in [0.15, 0.2) is 0 Å². The van der Waals surface area contributed by atoms with Gasteiger partial charge in [-0.3, -0.25) is 4.79 Å². The van der Waals surface area contributed by atoms with Gasteiger partial charge in [-0.15, -0.1) is 0 Å². The van der Waals surface area contributed by atoms with E-state index in [1.54, 1.807) is 13.1 Å². The van der Waals surface area contributed by atoms with Crippen molar-refractivity contribution in [2.45, 2.75) is 19.8 Å². The summed E-state index contributed by atoms with van der Waals surface area (Å²) in [6, 6.07) is 1.62. The first kappa shape index (κ1) is 15.7. The molecule has 1 amide bonds. The number of carbonyl (C=O) groups is 1. The predicted octanol–water partition coefficient (Wildman–Crippen LogP) is 2.32. The molecule has 0 aliphatic carbocycles. The van der Waals surface area contributed by atoms with E-state index in [-0.39, 0.29) is 5.91 Å². The van der Waals surface area contributed by atoms with Crippen molar-refractivity contribution in [1.82, 2.24) is 10.3 Å². The topological polar surface area (TPSA) is 63.2 Å². The zero-order valence-electron chi connectivity index (χ0n) is 11.3. The number of pyridine rings is 1. The van der Waals surface area contributed by atoms with Crippen LogP contribution in [0, 0.1) is 0 Å². The fourth-order valence-corrected chi connectivity index (χ4v) is 1.62. The summed E-state index contributed by atoms with van der Waals surface area (Å²) in [5.41, 5.74) is 0.412. The van der Waals surface area contributed by atoms with Crippen LogP contribution in [0.25, 0.3) is 0 Å². The molecule has 0 bridgehead atoms. The van der Waals surface area contributed by atoms with E-state index in [9.17, 15) is 4.79 Å². The molecule has 2 N–H and O–H groups in total. The van der Waals surface area contributed by atoms with Crippen molar-refractivity contribution in [2.24, 2.45) is 0 Å².